The van der Waals surface area contributed by atoms with Crippen molar-refractivity contribution in [2.75, 3.05) is 0 Å². The Hall–Kier alpha value is -2.35. The summed E-state index contributed by atoms with van der Waals surface area (Å²) < 4.78 is 11.0. The highest BCUT2D eigenvalue weighted by Gasteiger charge is 2.19. The third-order valence-electron chi connectivity index (χ3n) is 2.68. The van der Waals surface area contributed by atoms with Crippen LogP contribution in [0.25, 0.3) is 0 Å². The van der Waals surface area contributed by atoms with E-state index in [1.165, 1.54) is 12.1 Å². The highest BCUT2D eigenvalue weighted by Crippen LogP contribution is 2.34. The number of rotatable bonds is 5. The van der Waals surface area contributed by atoms with Gasteiger partial charge in [0.25, 0.3) is 0 Å². The molecule has 0 spiro atoms. The summed E-state index contributed by atoms with van der Waals surface area (Å²) in [6.07, 6.45) is 1.09. The number of nitro benzene ring substituents is 1. The number of carboxylic acids is 1. The lowest BCUT2D eigenvalue weighted by Gasteiger charge is -2.08. The smallest absolute Gasteiger partial charge is 0.338 e. The molecule has 0 fully saturated rings. The molecule has 0 aliphatic heterocycles. The zero-order chi connectivity index (χ0) is 15.6. The van der Waals surface area contributed by atoms with Crippen LogP contribution in [0.2, 0.25) is 0 Å². The van der Waals surface area contributed by atoms with Crippen molar-refractivity contribution in [1.29, 1.82) is 0 Å². The molecule has 21 heavy (non-hydrogen) atoms. The standard InChI is InChI=1S/C13H10BrNO6/c1-7-2-9(14)4-11(15(18)19)12(7)21-6-10-3-8(5-20-10)13(16)17/h2-5H,6H2,1H3,(H,16,17). The quantitative estimate of drug-likeness (QED) is 0.649. The summed E-state index contributed by atoms with van der Waals surface area (Å²) in [7, 11) is 0. The molecule has 1 aromatic heterocycles. The van der Waals surface area contributed by atoms with E-state index >= 15 is 0 Å². The SMILES string of the molecule is Cc1cc(Br)cc([N+](=O)[O-])c1OCc1cc(C(=O)O)co1. The van der Waals surface area contributed by atoms with E-state index in [-0.39, 0.29) is 29.4 Å². The number of aryl methyl sites for hydroxylation is 1. The summed E-state index contributed by atoms with van der Waals surface area (Å²) in [6.45, 7) is 1.58. The molecule has 0 atom stereocenters. The normalized spacial score (nSPS) is 10.4. The molecule has 1 heterocycles. The van der Waals surface area contributed by atoms with Gasteiger partial charge in [-0.2, -0.15) is 0 Å². The van der Waals surface area contributed by atoms with Crippen LogP contribution in [-0.4, -0.2) is 16.0 Å². The van der Waals surface area contributed by atoms with E-state index in [0.29, 0.717) is 10.0 Å². The molecule has 0 radical (unpaired) electrons. The number of hydrogen-bond donors (Lipinski definition) is 1. The van der Waals surface area contributed by atoms with Crippen molar-refractivity contribution in [2.24, 2.45) is 0 Å². The highest BCUT2D eigenvalue weighted by atomic mass is 79.9. The molecule has 7 nitrogen and oxygen atoms in total. The first-order valence-corrected chi connectivity index (χ1v) is 6.56. The molecule has 1 aromatic carbocycles. The first kappa shape index (κ1) is 15.0. The van der Waals surface area contributed by atoms with E-state index in [9.17, 15) is 14.9 Å². The summed E-state index contributed by atoms with van der Waals surface area (Å²) in [4.78, 5) is 21.2. The molecular formula is C13H10BrNO6. The predicted molar refractivity (Wildman–Crippen MR) is 75.5 cm³/mol. The summed E-state index contributed by atoms with van der Waals surface area (Å²) in [5.41, 5.74) is 0.406. The Bertz CT molecular complexity index is 709. The van der Waals surface area contributed by atoms with Gasteiger partial charge < -0.3 is 14.3 Å². The van der Waals surface area contributed by atoms with Gasteiger partial charge in [0.05, 0.1) is 10.5 Å². The van der Waals surface area contributed by atoms with Gasteiger partial charge in [-0.15, -0.1) is 0 Å². The van der Waals surface area contributed by atoms with Gasteiger partial charge in [-0.25, -0.2) is 4.79 Å². The third-order valence-corrected chi connectivity index (χ3v) is 3.13. The Morgan fingerprint density at radius 3 is 2.76 bits per heavy atom. The lowest BCUT2D eigenvalue weighted by Crippen LogP contribution is -2.01. The van der Waals surface area contributed by atoms with Crippen molar-refractivity contribution < 1.29 is 24.0 Å². The van der Waals surface area contributed by atoms with E-state index in [1.807, 2.05) is 0 Å². The fraction of sp³-hybridized carbons (Fsp3) is 0.154. The Kier molecular flexibility index (Phi) is 4.27. The van der Waals surface area contributed by atoms with E-state index in [4.69, 9.17) is 14.3 Å². The van der Waals surface area contributed by atoms with Crippen LogP contribution in [0.1, 0.15) is 21.7 Å². The van der Waals surface area contributed by atoms with Gasteiger partial charge in [-0.05, 0) is 24.6 Å². The molecule has 0 bridgehead atoms. The van der Waals surface area contributed by atoms with E-state index in [2.05, 4.69) is 15.9 Å². The minimum atomic E-state index is -1.11. The average Bonchev–Trinajstić information content (AvgIpc) is 2.85. The van der Waals surface area contributed by atoms with Crippen LogP contribution in [0, 0.1) is 17.0 Å². The van der Waals surface area contributed by atoms with E-state index in [1.54, 1.807) is 13.0 Å². The number of hydrogen-bond acceptors (Lipinski definition) is 5. The Balaban J connectivity index is 2.23. The lowest BCUT2D eigenvalue weighted by molar-refractivity contribution is -0.386. The summed E-state index contributed by atoms with van der Waals surface area (Å²) in [5, 5.41) is 19.8. The van der Waals surface area contributed by atoms with Crippen LogP contribution in [0.3, 0.4) is 0 Å². The van der Waals surface area contributed by atoms with Gasteiger partial charge >= 0.3 is 11.7 Å². The second-order valence-corrected chi connectivity index (χ2v) is 5.14. The van der Waals surface area contributed by atoms with Crippen molar-refractivity contribution in [3.8, 4) is 5.75 Å². The van der Waals surface area contributed by atoms with Gasteiger partial charge in [-0.1, -0.05) is 15.9 Å². The summed E-state index contributed by atoms with van der Waals surface area (Å²) in [5.74, 6) is -0.726. The number of benzene rings is 1. The molecule has 0 saturated carbocycles. The molecule has 2 rings (SSSR count). The van der Waals surface area contributed by atoms with Crippen LogP contribution < -0.4 is 4.74 Å². The van der Waals surface area contributed by atoms with Gasteiger partial charge in [0.1, 0.15) is 18.6 Å². The molecule has 0 aliphatic rings. The van der Waals surface area contributed by atoms with Gasteiger partial charge in [0.15, 0.2) is 0 Å². The predicted octanol–water partition coefficient (Wildman–Crippen LogP) is 3.54. The molecule has 0 saturated heterocycles. The fourth-order valence-corrected chi connectivity index (χ4v) is 2.31. The topological polar surface area (TPSA) is 103 Å². The zero-order valence-corrected chi connectivity index (χ0v) is 12.4. The van der Waals surface area contributed by atoms with Crippen LogP contribution in [0.15, 0.2) is 33.4 Å². The van der Waals surface area contributed by atoms with Gasteiger partial charge in [-0.3, -0.25) is 10.1 Å². The molecule has 1 N–H and O–H groups in total. The number of aromatic carboxylic acids is 1. The summed E-state index contributed by atoms with van der Waals surface area (Å²) in [6, 6.07) is 4.34. The third kappa shape index (κ3) is 3.40. The van der Waals surface area contributed by atoms with Crippen molar-refractivity contribution in [3.05, 3.63) is 55.9 Å². The minimum absolute atomic E-state index is 0.00405. The molecule has 0 amide bonds. The maximum absolute atomic E-state index is 11.0. The molecule has 0 aliphatic carbocycles. The highest BCUT2D eigenvalue weighted by molar-refractivity contribution is 9.10. The van der Waals surface area contributed by atoms with Crippen molar-refractivity contribution >= 4 is 27.6 Å². The van der Waals surface area contributed by atoms with E-state index in [0.717, 1.165) is 6.26 Å². The number of nitro groups is 1. The van der Waals surface area contributed by atoms with E-state index < -0.39 is 10.9 Å². The number of halogens is 1. The number of nitrogens with zero attached hydrogens (tertiary/aromatic N) is 1. The molecule has 2 aromatic rings. The second-order valence-electron chi connectivity index (χ2n) is 4.22. The first-order chi connectivity index (χ1) is 9.88. The minimum Gasteiger partial charge on any atom is -0.478 e. The molecule has 110 valence electrons. The molecular weight excluding hydrogens is 346 g/mol. The monoisotopic (exact) mass is 355 g/mol. The first-order valence-electron chi connectivity index (χ1n) is 5.76. The van der Waals surface area contributed by atoms with Gasteiger partial charge in [0.2, 0.25) is 5.75 Å². The number of ether oxygens (including phenoxy) is 1. The number of furan rings is 1. The Morgan fingerprint density at radius 1 is 1.48 bits per heavy atom. The van der Waals surface area contributed by atoms with Crippen LogP contribution in [0.5, 0.6) is 5.75 Å². The largest absolute Gasteiger partial charge is 0.478 e. The second kappa shape index (κ2) is 5.96. The van der Waals surface area contributed by atoms with Crippen molar-refractivity contribution in [1.82, 2.24) is 0 Å². The fourth-order valence-electron chi connectivity index (χ4n) is 1.75. The summed E-state index contributed by atoms with van der Waals surface area (Å²) >= 11 is 3.19. The maximum atomic E-state index is 11.0. The van der Waals surface area contributed by atoms with Gasteiger partial charge in [0, 0.05) is 10.5 Å². The molecule has 0 unspecified atom stereocenters. The van der Waals surface area contributed by atoms with Crippen LogP contribution in [-0.2, 0) is 6.61 Å². The maximum Gasteiger partial charge on any atom is 0.338 e. The number of carboxylic acid groups (broad SMARTS) is 1. The molecule has 8 heteroatoms. The Labute approximate surface area is 127 Å². The average molecular weight is 356 g/mol. The van der Waals surface area contributed by atoms with Crippen molar-refractivity contribution in [2.45, 2.75) is 13.5 Å². The number of carbonyl (C=O) groups is 1. The zero-order valence-electron chi connectivity index (χ0n) is 10.8. The van der Waals surface area contributed by atoms with Crippen LogP contribution in [0.4, 0.5) is 5.69 Å². The Morgan fingerprint density at radius 2 is 2.19 bits per heavy atom. The lowest BCUT2D eigenvalue weighted by atomic mass is 10.2. The van der Waals surface area contributed by atoms with Crippen molar-refractivity contribution in [3.63, 3.8) is 0 Å². The van der Waals surface area contributed by atoms with Crippen LogP contribution >= 0.6 is 15.9 Å².